The maximum absolute atomic E-state index is 11.5. The molecular formula is C13H11N3O2. The lowest BCUT2D eigenvalue weighted by Gasteiger charge is -2.01. The molecule has 0 radical (unpaired) electrons. The molecule has 0 bridgehead atoms. The van der Waals surface area contributed by atoms with Gasteiger partial charge in [-0.25, -0.2) is 9.48 Å². The van der Waals surface area contributed by atoms with Gasteiger partial charge >= 0.3 is 5.97 Å². The molecule has 1 aromatic carbocycles. The average molecular weight is 241 g/mol. The molecule has 0 saturated carbocycles. The molecule has 5 nitrogen and oxygen atoms in total. The van der Waals surface area contributed by atoms with Crippen molar-refractivity contribution in [1.29, 1.82) is 5.26 Å². The van der Waals surface area contributed by atoms with Crippen LogP contribution in [0.15, 0.2) is 36.5 Å². The number of rotatable bonds is 3. The maximum Gasteiger partial charge on any atom is 0.358 e. The minimum absolute atomic E-state index is 0.249. The van der Waals surface area contributed by atoms with E-state index in [1.54, 1.807) is 37.4 Å². The SMILES string of the molecule is CCOC(=O)c1ccn(-c2cccc(C#N)c2)n1. The van der Waals surface area contributed by atoms with Gasteiger partial charge in [0.15, 0.2) is 5.69 Å². The van der Waals surface area contributed by atoms with Gasteiger partial charge in [0, 0.05) is 6.20 Å². The van der Waals surface area contributed by atoms with E-state index in [1.807, 2.05) is 6.07 Å². The summed E-state index contributed by atoms with van der Waals surface area (Å²) in [6.45, 7) is 2.06. The molecule has 0 aliphatic carbocycles. The summed E-state index contributed by atoms with van der Waals surface area (Å²) in [6, 6.07) is 10.6. The Kier molecular flexibility index (Phi) is 3.39. The van der Waals surface area contributed by atoms with Crippen molar-refractivity contribution in [3.8, 4) is 11.8 Å². The highest BCUT2D eigenvalue weighted by Crippen LogP contribution is 2.10. The van der Waals surface area contributed by atoms with Gasteiger partial charge in [0.05, 0.1) is 23.9 Å². The molecule has 5 heteroatoms. The van der Waals surface area contributed by atoms with Gasteiger partial charge < -0.3 is 4.74 Å². The smallest absolute Gasteiger partial charge is 0.358 e. The Morgan fingerprint density at radius 2 is 2.33 bits per heavy atom. The normalized spacial score (nSPS) is 9.78. The summed E-state index contributed by atoms with van der Waals surface area (Å²) in [5.74, 6) is -0.451. The van der Waals surface area contributed by atoms with Gasteiger partial charge in [0.1, 0.15) is 0 Å². The summed E-state index contributed by atoms with van der Waals surface area (Å²) >= 11 is 0. The quantitative estimate of drug-likeness (QED) is 0.770. The molecule has 2 rings (SSSR count). The summed E-state index contributed by atoms with van der Waals surface area (Å²) in [5, 5.41) is 12.9. The molecule has 0 aliphatic heterocycles. The highest BCUT2D eigenvalue weighted by atomic mass is 16.5. The van der Waals surface area contributed by atoms with E-state index in [9.17, 15) is 4.79 Å². The molecule has 90 valence electrons. The molecule has 0 spiro atoms. The Balaban J connectivity index is 2.29. The van der Waals surface area contributed by atoms with Crippen molar-refractivity contribution in [1.82, 2.24) is 9.78 Å². The maximum atomic E-state index is 11.5. The van der Waals surface area contributed by atoms with Gasteiger partial charge in [-0.05, 0) is 31.2 Å². The molecule has 1 heterocycles. The largest absolute Gasteiger partial charge is 0.461 e. The number of esters is 1. The zero-order chi connectivity index (χ0) is 13.0. The molecule has 0 unspecified atom stereocenters. The number of carbonyl (C=O) groups is 1. The van der Waals surface area contributed by atoms with Crippen molar-refractivity contribution in [3.05, 3.63) is 47.8 Å². The van der Waals surface area contributed by atoms with Crippen LogP contribution in [0, 0.1) is 11.3 Å². The minimum atomic E-state index is -0.451. The number of nitriles is 1. The van der Waals surface area contributed by atoms with Gasteiger partial charge in [0.2, 0.25) is 0 Å². The first-order chi connectivity index (χ1) is 8.74. The Morgan fingerprint density at radius 3 is 3.06 bits per heavy atom. The zero-order valence-corrected chi connectivity index (χ0v) is 9.83. The molecule has 0 atom stereocenters. The number of hydrogen-bond donors (Lipinski definition) is 0. The van der Waals surface area contributed by atoms with Crippen molar-refractivity contribution in [2.45, 2.75) is 6.92 Å². The van der Waals surface area contributed by atoms with Gasteiger partial charge in [-0.15, -0.1) is 0 Å². The second kappa shape index (κ2) is 5.15. The molecule has 18 heavy (non-hydrogen) atoms. The van der Waals surface area contributed by atoms with Crippen molar-refractivity contribution >= 4 is 5.97 Å². The third-order valence-electron chi connectivity index (χ3n) is 2.31. The van der Waals surface area contributed by atoms with E-state index in [0.29, 0.717) is 12.2 Å². The predicted molar refractivity (Wildman–Crippen MR) is 64.2 cm³/mol. The fourth-order valence-electron chi connectivity index (χ4n) is 1.50. The standard InChI is InChI=1S/C13H11N3O2/c1-2-18-13(17)12-6-7-16(15-12)11-5-3-4-10(8-11)9-14/h3-8H,2H2,1H3. The van der Waals surface area contributed by atoms with Crippen LogP contribution in [0.3, 0.4) is 0 Å². The summed E-state index contributed by atoms with van der Waals surface area (Å²) in [4.78, 5) is 11.5. The van der Waals surface area contributed by atoms with E-state index in [-0.39, 0.29) is 5.69 Å². The molecule has 1 aromatic heterocycles. The van der Waals surface area contributed by atoms with Gasteiger partial charge in [-0.3, -0.25) is 0 Å². The predicted octanol–water partition coefficient (Wildman–Crippen LogP) is 1.92. The van der Waals surface area contributed by atoms with Gasteiger partial charge in [-0.1, -0.05) is 6.07 Å². The van der Waals surface area contributed by atoms with Crippen molar-refractivity contribution in [3.63, 3.8) is 0 Å². The number of carbonyl (C=O) groups excluding carboxylic acids is 1. The van der Waals surface area contributed by atoms with E-state index in [1.165, 1.54) is 4.68 Å². The fourth-order valence-corrected chi connectivity index (χ4v) is 1.50. The summed E-state index contributed by atoms with van der Waals surface area (Å²) < 4.78 is 6.39. The second-order valence-electron chi connectivity index (χ2n) is 3.53. The Morgan fingerprint density at radius 1 is 1.50 bits per heavy atom. The highest BCUT2D eigenvalue weighted by Gasteiger charge is 2.10. The van der Waals surface area contributed by atoms with E-state index in [4.69, 9.17) is 10.00 Å². The van der Waals surface area contributed by atoms with Crippen LogP contribution in [0.5, 0.6) is 0 Å². The summed E-state index contributed by atoms with van der Waals surface area (Å²) in [6.07, 6.45) is 1.66. The first-order valence-corrected chi connectivity index (χ1v) is 5.48. The number of hydrogen-bond acceptors (Lipinski definition) is 4. The average Bonchev–Trinajstić information content (AvgIpc) is 2.89. The van der Waals surface area contributed by atoms with Crippen molar-refractivity contribution in [2.75, 3.05) is 6.61 Å². The monoisotopic (exact) mass is 241 g/mol. The third-order valence-corrected chi connectivity index (χ3v) is 2.31. The summed E-state index contributed by atoms with van der Waals surface area (Å²) in [5.41, 5.74) is 1.52. The van der Waals surface area contributed by atoms with Crippen molar-refractivity contribution in [2.24, 2.45) is 0 Å². The summed E-state index contributed by atoms with van der Waals surface area (Å²) in [7, 11) is 0. The molecule has 2 aromatic rings. The van der Waals surface area contributed by atoms with Crippen LogP contribution >= 0.6 is 0 Å². The van der Waals surface area contributed by atoms with Crippen molar-refractivity contribution < 1.29 is 9.53 Å². The highest BCUT2D eigenvalue weighted by molar-refractivity contribution is 5.87. The Bertz CT molecular complexity index is 611. The number of benzene rings is 1. The number of ether oxygens (including phenoxy) is 1. The third kappa shape index (κ3) is 2.38. The lowest BCUT2D eigenvalue weighted by atomic mass is 10.2. The zero-order valence-electron chi connectivity index (χ0n) is 9.83. The Labute approximate surface area is 104 Å². The first kappa shape index (κ1) is 11.9. The van der Waals surface area contributed by atoms with Crippen LogP contribution in [-0.2, 0) is 4.74 Å². The minimum Gasteiger partial charge on any atom is -0.461 e. The van der Waals surface area contributed by atoms with Crippen LogP contribution in [0.25, 0.3) is 5.69 Å². The number of aromatic nitrogens is 2. The first-order valence-electron chi connectivity index (χ1n) is 5.48. The van der Waals surface area contributed by atoms with E-state index < -0.39 is 5.97 Å². The van der Waals surface area contributed by atoms with Crippen LogP contribution in [-0.4, -0.2) is 22.4 Å². The van der Waals surface area contributed by atoms with E-state index in [0.717, 1.165) is 5.69 Å². The van der Waals surface area contributed by atoms with Crippen LogP contribution < -0.4 is 0 Å². The second-order valence-corrected chi connectivity index (χ2v) is 3.53. The van der Waals surface area contributed by atoms with Crippen LogP contribution in [0.1, 0.15) is 23.0 Å². The molecule has 0 saturated heterocycles. The van der Waals surface area contributed by atoms with E-state index in [2.05, 4.69) is 11.2 Å². The number of nitrogens with zero attached hydrogens (tertiary/aromatic N) is 3. The molecule has 0 amide bonds. The topological polar surface area (TPSA) is 67.9 Å². The fraction of sp³-hybridized carbons (Fsp3) is 0.154. The molecule has 0 aliphatic rings. The van der Waals surface area contributed by atoms with Gasteiger partial charge in [0.25, 0.3) is 0 Å². The molecular weight excluding hydrogens is 230 g/mol. The van der Waals surface area contributed by atoms with Gasteiger partial charge in [-0.2, -0.15) is 10.4 Å². The van der Waals surface area contributed by atoms with E-state index >= 15 is 0 Å². The lowest BCUT2D eigenvalue weighted by Crippen LogP contribution is -2.06. The van der Waals surface area contributed by atoms with Crippen LogP contribution in [0.2, 0.25) is 0 Å². The van der Waals surface area contributed by atoms with Crippen LogP contribution in [0.4, 0.5) is 0 Å². The molecule has 0 fully saturated rings. The molecule has 0 N–H and O–H groups in total. The Hall–Kier alpha value is -2.61. The lowest BCUT2D eigenvalue weighted by molar-refractivity contribution is 0.0519.